The predicted octanol–water partition coefficient (Wildman–Crippen LogP) is 3.04. The normalized spacial score (nSPS) is 18.0. The highest BCUT2D eigenvalue weighted by atomic mass is 32.2. The Labute approximate surface area is 129 Å². The second-order valence-electron chi connectivity index (χ2n) is 5.52. The lowest BCUT2D eigenvalue weighted by Gasteiger charge is -2.18. The average molecular weight is 307 g/mol. The molecule has 1 saturated heterocycles. The zero-order valence-corrected chi connectivity index (χ0v) is 13.3. The molecule has 1 aromatic carbocycles. The fourth-order valence-electron chi connectivity index (χ4n) is 2.71. The molecule has 2 rings (SSSR count). The number of hydrogen-bond acceptors (Lipinski definition) is 3. The average Bonchev–Trinajstić information content (AvgIpc) is 2.94. The maximum absolute atomic E-state index is 12.6. The third-order valence-corrected chi connectivity index (χ3v) is 4.74. The molecule has 0 aliphatic carbocycles. The number of aliphatic carboxylic acids is 1. The van der Waals surface area contributed by atoms with Crippen LogP contribution in [0.2, 0.25) is 0 Å². The van der Waals surface area contributed by atoms with Crippen molar-refractivity contribution in [1.29, 1.82) is 0 Å². The molecule has 4 nitrogen and oxygen atoms in total. The molecule has 5 heteroatoms. The lowest BCUT2D eigenvalue weighted by molar-refractivity contribution is -0.137. The van der Waals surface area contributed by atoms with E-state index in [1.54, 1.807) is 11.8 Å². The molecule has 1 atom stereocenters. The van der Waals surface area contributed by atoms with Crippen LogP contribution < -0.4 is 0 Å². The molecular formula is C16H21NO3S. The quantitative estimate of drug-likeness (QED) is 0.850. The molecule has 0 aromatic heterocycles. The summed E-state index contributed by atoms with van der Waals surface area (Å²) in [5, 5.41) is 8.74. The molecular weight excluding hydrogens is 286 g/mol. The number of carboxylic acid groups (broad SMARTS) is 1. The first-order chi connectivity index (χ1) is 10.0. The highest BCUT2D eigenvalue weighted by molar-refractivity contribution is 7.98. The van der Waals surface area contributed by atoms with Gasteiger partial charge in [0.15, 0.2) is 0 Å². The van der Waals surface area contributed by atoms with Gasteiger partial charge in [0.2, 0.25) is 0 Å². The molecule has 1 aliphatic heterocycles. The predicted molar refractivity (Wildman–Crippen MR) is 83.8 cm³/mol. The van der Waals surface area contributed by atoms with E-state index in [-0.39, 0.29) is 12.3 Å². The molecule has 1 heterocycles. The molecule has 1 fully saturated rings. The summed E-state index contributed by atoms with van der Waals surface area (Å²) in [6.07, 6.45) is 3.74. The number of carbonyl (C=O) groups excluding carboxylic acids is 1. The van der Waals surface area contributed by atoms with Gasteiger partial charge in [-0.25, -0.2) is 0 Å². The van der Waals surface area contributed by atoms with Gasteiger partial charge in [-0.3, -0.25) is 9.59 Å². The van der Waals surface area contributed by atoms with Crippen LogP contribution in [-0.4, -0.2) is 41.2 Å². The van der Waals surface area contributed by atoms with Crippen molar-refractivity contribution in [2.45, 2.75) is 31.1 Å². The van der Waals surface area contributed by atoms with Crippen LogP contribution >= 0.6 is 11.8 Å². The number of nitrogens with zero attached hydrogens (tertiary/aromatic N) is 1. The Kier molecular flexibility index (Phi) is 5.28. The highest BCUT2D eigenvalue weighted by Crippen LogP contribution is 2.25. The fraction of sp³-hybridized carbons (Fsp3) is 0.500. The van der Waals surface area contributed by atoms with Crippen molar-refractivity contribution in [3.05, 3.63) is 29.3 Å². The van der Waals surface area contributed by atoms with Crippen molar-refractivity contribution < 1.29 is 14.7 Å². The summed E-state index contributed by atoms with van der Waals surface area (Å²) in [4.78, 5) is 26.2. The molecule has 1 aliphatic rings. The summed E-state index contributed by atoms with van der Waals surface area (Å²) in [6, 6.07) is 5.96. The Morgan fingerprint density at radius 1 is 1.43 bits per heavy atom. The number of benzene rings is 1. The van der Waals surface area contributed by atoms with Gasteiger partial charge in [0, 0.05) is 30.0 Å². The van der Waals surface area contributed by atoms with Crippen LogP contribution in [0.25, 0.3) is 0 Å². The van der Waals surface area contributed by atoms with Gasteiger partial charge in [0.1, 0.15) is 0 Å². The molecule has 1 amide bonds. The monoisotopic (exact) mass is 307 g/mol. The van der Waals surface area contributed by atoms with Crippen LogP contribution in [0, 0.1) is 12.8 Å². The molecule has 0 saturated carbocycles. The topological polar surface area (TPSA) is 57.6 Å². The van der Waals surface area contributed by atoms with Gasteiger partial charge >= 0.3 is 5.97 Å². The molecule has 1 N–H and O–H groups in total. The zero-order valence-electron chi connectivity index (χ0n) is 12.5. The molecule has 0 radical (unpaired) electrons. The first kappa shape index (κ1) is 15.9. The van der Waals surface area contributed by atoms with Crippen LogP contribution in [0.3, 0.4) is 0 Å². The molecule has 114 valence electrons. The van der Waals surface area contributed by atoms with Crippen molar-refractivity contribution in [3.63, 3.8) is 0 Å². The van der Waals surface area contributed by atoms with Crippen LogP contribution in [0.5, 0.6) is 0 Å². The third kappa shape index (κ3) is 4.00. The number of thioether (sulfide) groups is 1. The van der Waals surface area contributed by atoms with E-state index in [1.807, 2.05) is 36.3 Å². The largest absolute Gasteiger partial charge is 0.481 e. The van der Waals surface area contributed by atoms with Crippen LogP contribution in [0.1, 0.15) is 35.2 Å². The van der Waals surface area contributed by atoms with E-state index in [9.17, 15) is 9.59 Å². The van der Waals surface area contributed by atoms with E-state index >= 15 is 0 Å². The van der Waals surface area contributed by atoms with Gasteiger partial charge in [-0.2, -0.15) is 0 Å². The van der Waals surface area contributed by atoms with Crippen LogP contribution in [0.4, 0.5) is 0 Å². The molecule has 21 heavy (non-hydrogen) atoms. The van der Waals surface area contributed by atoms with E-state index < -0.39 is 5.97 Å². The summed E-state index contributed by atoms with van der Waals surface area (Å²) < 4.78 is 0. The number of aryl methyl sites for hydroxylation is 1. The molecule has 1 aromatic rings. The Morgan fingerprint density at radius 3 is 2.86 bits per heavy atom. The van der Waals surface area contributed by atoms with Crippen molar-refractivity contribution in [2.24, 2.45) is 5.92 Å². The summed E-state index contributed by atoms with van der Waals surface area (Å²) >= 11 is 1.63. The van der Waals surface area contributed by atoms with Crippen LogP contribution in [-0.2, 0) is 4.79 Å². The smallest absolute Gasteiger partial charge is 0.303 e. The van der Waals surface area contributed by atoms with Crippen LogP contribution in [0.15, 0.2) is 23.1 Å². The van der Waals surface area contributed by atoms with Crippen molar-refractivity contribution >= 4 is 23.6 Å². The number of rotatable bonds is 5. The first-order valence-corrected chi connectivity index (χ1v) is 8.39. The maximum Gasteiger partial charge on any atom is 0.303 e. The Hall–Kier alpha value is -1.49. The van der Waals surface area contributed by atoms with Gasteiger partial charge in [-0.15, -0.1) is 11.8 Å². The van der Waals surface area contributed by atoms with Crippen molar-refractivity contribution in [3.8, 4) is 0 Å². The molecule has 0 spiro atoms. The molecule has 0 bridgehead atoms. The minimum atomic E-state index is -0.761. The number of hydrogen-bond donors (Lipinski definition) is 1. The number of amides is 1. The summed E-state index contributed by atoms with van der Waals surface area (Å²) in [5.74, 6) is -0.376. The summed E-state index contributed by atoms with van der Waals surface area (Å²) in [6.45, 7) is 3.36. The maximum atomic E-state index is 12.6. The van der Waals surface area contributed by atoms with E-state index in [2.05, 4.69) is 0 Å². The lowest BCUT2D eigenvalue weighted by Crippen LogP contribution is -2.29. The van der Waals surface area contributed by atoms with Gasteiger partial charge in [0.05, 0.1) is 0 Å². The van der Waals surface area contributed by atoms with E-state index in [0.717, 1.165) is 29.0 Å². The summed E-state index contributed by atoms with van der Waals surface area (Å²) in [7, 11) is 0. The van der Waals surface area contributed by atoms with E-state index in [1.165, 1.54) is 0 Å². The number of likely N-dealkylation sites (tertiary alicyclic amines) is 1. The Bertz CT molecular complexity index is 544. The number of carbonyl (C=O) groups is 2. The van der Waals surface area contributed by atoms with Crippen molar-refractivity contribution in [1.82, 2.24) is 4.90 Å². The lowest BCUT2D eigenvalue weighted by atomic mass is 10.0. The summed E-state index contributed by atoms with van der Waals surface area (Å²) in [5.41, 5.74) is 1.76. The van der Waals surface area contributed by atoms with Gasteiger partial charge in [-0.1, -0.05) is 6.07 Å². The minimum Gasteiger partial charge on any atom is -0.481 e. The Balaban J connectivity index is 2.03. The highest BCUT2D eigenvalue weighted by Gasteiger charge is 2.27. The third-order valence-electron chi connectivity index (χ3n) is 4.01. The van der Waals surface area contributed by atoms with Gasteiger partial charge < -0.3 is 10.0 Å². The minimum absolute atomic E-state index is 0.0706. The van der Waals surface area contributed by atoms with E-state index in [0.29, 0.717) is 18.9 Å². The second-order valence-corrected chi connectivity index (χ2v) is 6.40. The number of carboxylic acids is 1. The van der Waals surface area contributed by atoms with Crippen molar-refractivity contribution in [2.75, 3.05) is 19.3 Å². The van der Waals surface area contributed by atoms with Gasteiger partial charge in [-0.05, 0) is 49.6 Å². The molecule has 1 unspecified atom stereocenters. The zero-order chi connectivity index (χ0) is 15.4. The first-order valence-electron chi connectivity index (χ1n) is 7.17. The fourth-order valence-corrected chi connectivity index (χ4v) is 3.15. The standard InChI is InChI=1S/C16H21NO3S/c1-11-3-5-13(21-2)9-14(11)16(20)17-8-7-12(10-17)4-6-15(18)19/h3,5,9,12H,4,6-8,10H2,1-2H3,(H,18,19). The second kappa shape index (κ2) is 6.98. The van der Waals surface area contributed by atoms with E-state index in [4.69, 9.17) is 5.11 Å². The Morgan fingerprint density at radius 2 is 2.19 bits per heavy atom. The SMILES string of the molecule is CSc1ccc(C)c(C(=O)N2CCC(CCC(=O)O)C2)c1. The van der Waals surface area contributed by atoms with Gasteiger partial charge in [0.25, 0.3) is 5.91 Å².